The lowest BCUT2D eigenvalue weighted by molar-refractivity contribution is -0.0429. The van der Waals surface area contributed by atoms with E-state index < -0.39 is 22.2 Å². The summed E-state index contributed by atoms with van der Waals surface area (Å²) in [6.45, 7) is 0.297. The van der Waals surface area contributed by atoms with E-state index in [0.717, 1.165) is 6.07 Å². The largest absolute Gasteiger partial charge is 0.516 e. The third-order valence-corrected chi connectivity index (χ3v) is 3.33. The average molecular weight is 328 g/mol. The Kier molecular flexibility index (Phi) is 5.53. The van der Waals surface area contributed by atoms with Crippen molar-refractivity contribution in [1.29, 1.82) is 0 Å². The standard InChI is InChI=1S/C11H12F4N2O3S/c1-8(16-20-7-6-12)9-4-2-3-5-10(9)17-21(18,19)11(13,14)15/h2-5,17H,6-7H2,1H3/b16-8+. The minimum Gasteiger partial charge on any atom is -0.393 e. The van der Waals surface area contributed by atoms with Crippen LogP contribution in [0.5, 0.6) is 0 Å². The summed E-state index contributed by atoms with van der Waals surface area (Å²) < 4.78 is 72.6. The number of nitrogens with zero attached hydrogens (tertiary/aromatic N) is 1. The van der Waals surface area contributed by atoms with Gasteiger partial charge in [0, 0.05) is 5.56 Å². The molecule has 0 bridgehead atoms. The van der Waals surface area contributed by atoms with Crippen molar-refractivity contribution in [1.82, 2.24) is 0 Å². The summed E-state index contributed by atoms with van der Waals surface area (Å²) >= 11 is 0. The van der Waals surface area contributed by atoms with Crippen LogP contribution >= 0.6 is 0 Å². The van der Waals surface area contributed by atoms with Crippen LogP contribution in [0.25, 0.3) is 0 Å². The minimum atomic E-state index is -5.54. The van der Waals surface area contributed by atoms with Gasteiger partial charge in [-0.1, -0.05) is 23.4 Å². The number of oxime groups is 1. The molecule has 0 aliphatic carbocycles. The molecule has 5 nitrogen and oxygen atoms in total. The van der Waals surface area contributed by atoms with E-state index in [1.54, 1.807) is 0 Å². The van der Waals surface area contributed by atoms with Gasteiger partial charge in [0.1, 0.15) is 13.3 Å². The topological polar surface area (TPSA) is 67.8 Å². The van der Waals surface area contributed by atoms with Crippen LogP contribution in [-0.4, -0.2) is 32.9 Å². The molecule has 10 heteroatoms. The molecule has 118 valence electrons. The number of sulfonamides is 1. The Labute approximate surface area is 118 Å². The van der Waals surface area contributed by atoms with E-state index in [2.05, 4.69) is 9.99 Å². The molecule has 0 saturated heterocycles. The third-order valence-electron chi connectivity index (χ3n) is 2.24. The molecule has 0 saturated carbocycles. The van der Waals surface area contributed by atoms with Crippen LogP contribution in [0.4, 0.5) is 23.2 Å². The minimum absolute atomic E-state index is 0.0872. The number of hydrogen-bond acceptors (Lipinski definition) is 4. The fourth-order valence-corrected chi connectivity index (χ4v) is 1.90. The normalized spacial score (nSPS) is 13.1. The van der Waals surface area contributed by atoms with E-state index >= 15 is 0 Å². The van der Waals surface area contributed by atoms with Gasteiger partial charge in [0.15, 0.2) is 0 Å². The smallest absolute Gasteiger partial charge is 0.393 e. The molecule has 0 spiro atoms. The van der Waals surface area contributed by atoms with Crippen molar-refractivity contribution in [2.45, 2.75) is 12.4 Å². The molecular weight excluding hydrogens is 316 g/mol. The Morgan fingerprint density at radius 2 is 1.95 bits per heavy atom. The highest BCUT2D eigenvalue weighted by Gasteiger charge is 2.46. The molecule has 0 radical (unpaired) electrons. The summed E-state index contributed by atoms with van der Waals surface area (Å²) in [6, 6.07) is 5.33. The maximum absolute atomic E-state index is 12.4. The summed E-state index contributed by atoms with van der Waals surface area (Å²) in [7, 11) is -5.54. The van der Waals surface area contributed by atoms with E-state index in [0.29, 0.717) is 0 Å². The predicted molar refractivity (Wildman–Crippen MR) is 69.2 cm³/mol. The molecule has 0 heterocycles. The van der Waals surface area contributed by atoms with Crippen LogP contribution in [0, 0.1) is 0 Å². The molecule has 1 N–H and O–H groups in total. The van der Waals surface area contributed by atoms with Crippen molar-refractivity contribution in [2.75, 3.05) is 18.0 Å². The predicted octanol–water partition coefficient (Wildman–Crippen LogP) is 2.66. The second-order valence-electron chi connectivity index (χ2n) is 3.80. The zero-order valence-corrected chi connectivity index (χ0v) is 11.6. The maximum Gasteiger partial charge on any atom is 0.516 e. The molecule has 0 amide bonds. The van der Waals surface area contributed by atoms with Gasteiger partial charge in [0.2, 0.25) is 0 Å². The average Bonchev–Trinajstić information content (AvgIpc) is 2.37. The Bertz CT molecular complexity index is 614. The van der Waals surface area contributed by atoms with Crippen LogP contribution in [-0.2, 0) is 14.9 Å². The van der Waals surface area contributed by atoms with Crippen molar-refractivity contribution < 1.29 is 30.8 Å². The molecule has 0 aliphatic rings. The van der Waals surface area contributed by atoms with Crippen molar-refractivity contribution in [2.24, 2.45) is 5.16 Å². The maximum atomic E-state index is 12.4. The van der Waals surface area contributed by atoms with Crippen LogP contribution in [0.2, 0.25) is 0 Å². The van der Waals surface area contributed by atoms with Gasteiger partial charge in [0.25, 0.3) is 0 Å². The fraction of sp³-hybridized carbons (Fsp3) is 0.364. The molecule has 1 aromatic carbocycles. The Morgan fingerprint density at radius 1 is 1.33 bits per heavy atom. The number of benzene rings is 1. The lowest BCUT2D eigenvalue weighted by atomic mass is 10.1. The van der Waals surface area contributed by atoms with Gasteiger partial charge in [-0.15, -0.1) is 0 Å². The number of anilines is 1. The fourth-order valence-electron chi connectivity index (χ4n) is 1.32. The molecule has 0 atom stereocenters. The Morgan fingerprint density at radius 3 is 2.52 bits per heavy atom. The second kappa shape index (κ2) is 6.74. The van der Waals surface area contributed by atoms with E-state index in [1.165, 1.54) is 29.8 Å². The monoisotopic (exact) mass is 328 g/mol. The molecule has 0 aromatic heterocycles. The summed E-state index contributed by atoms with van der Waals surface area (Å²) in [5.41, 5.74) is -5.55. The van der Waals surface area contributed by atoms with Crippen LogP contribution in [0.3, 0.4) is 0 Å². The first-order chi connectivity index (χ1) is 9.69. The molecule has 21 heavy (non-hydrogen) atoms. The third kappa shape index (κ3) is 4.59. The quantitative estimate of drug-likeness (QED) is 0.378. The first kappa shape index (κ1) is 17.2. The van der Waals surface area contributed by atoms with Gasteiger partial charge in [-0.05, 0) is 13.0 Å². The number of alkyl halides is 4. The molecular formula is C11H12F4N2O3S. The molecule has 0 aliphatic heterocycles. The zero-order valence-electron chi connectivity index (χ0n) is 10.8. The van der Waals surface area contributed by atoms with Gasteiger partial charge in [-0.25, -0.2) is 4.39 Å². The van der Waals surface area contributed by atoms with Gasteiger partial charge >= 0.3 is 15.5 Å². The lowest BCUT2D eigenvalue weighted by Gasteiger charge is -2.13. The van der Waals surface area contributed by atoms with Crippen LogP contribution < -0.4 is 4.72 Å². The molecule has 1 rings (SSSR count). The summed E-state index contributed by atoms with van der Waals surface area (Å²) in [4.78, 5) is 4.56. The van der Waals surface area contributed by atoms with Crippen molar-refractivity contribution in [3.8, 4) is 0 Å². The summed E-state index contributed by atoms with van der Waals surface area (Å²) in [6.07, 6.45) is 0. The number of para-hydroxylation sites is 1. The van der Waals surface area contributed by atoms with E-state index in [9.17, 15) is 26.0 Å². The summed E-state index contributed by atoms with van der Waals surface area (Å²) in [5, 5.41) is 3.50. The van der Waals surface area contributed by atoms with Gasteiger partial charge in [-0.2, -0.15) is 21.6 Å². The van der Waals surface area contributed by atoms with Crippen molar-refractivity contribution >= 4 is 21.4 Å². The van der Waals surface area contributed by atoms with Crippen molar-refractivity contribution in [3.05, 3.63) is 29.8 Å². The zero-order chi connectivity index (χ0) is 16.1. The first-order valence-electron chi connectivity index (χ1n) is 5.60. The Balaban J connectivity index is 3.09. The van der Waals surface area contributed by atoms with Crippen LogP contribution in [0.1, 0.15) is 12.5 Å². The highest BCUT2D eigenvalue weighted by atomic mass is 32.2. The number of rotatable bonds is 6. The van der Waals surface area contributed by atoms with E-state index in [1.807, 2.05) is 0 Å². The molecule has 1 aromatic rings. The van der Waals surface area contributed by atoms with E-state index in [-0.39, 0.29) is 23.6 Å². The summed E-state index contributed by atoms with van der Waals surface area (Å²) in [5.74, 6) is 0. The second-order valence-corrected chi connectivity index (χ2v) is 5.47. The SMILES string of the molecule is C/C(=N\OCCF)c1ccccc1NS(=O)(=O)C(F)(F)F. The number of halogens is 4. The van der Waals surface area contributed by atoms with Gasteiger partial charge in [0.05, 0.1) is 11.4 Å². The van der Waals surface area contributed by atoms with Gasteiger partial charge < -0.3 is 4.84 Å². The first-order valence-corrected chi connectivity index (χ1v) is 7.08. The Hall–Kier alpha value is -1.84. The number of nitrogens with one attached hydrogen (secondary N) is 1. The number of hydrogen-bond donors (Lipinski definition) is 1. The highest BCUT2D eigenvalue weighted by molar-refractivity contribution is 7.93. The van der Waals surface area contributed by atoms with Crippen molar-refractivity contribution in [3.63, 3.8) is 0 Å². The van der Waals surface area contributed by atoms with Gasteiger partial charge in [-0.3, -0.25) is 4.72 Å². The van der Waals surface area contributed by atoms with Crippen LogP contribution in [0.15, 0.2) is 29.4 Å². The molecule has 0 fully saturated rings. The lowest BCUT2D eigenvalue weighted by Crippen LogP contribution is -2.30. The molecule has 0 unspecified atom stereocenters. The highest BCUT2D eigenvalue weighted by Crippen LogP contribution is 2.27. The van der Waals surface area contributed by atoms with E-state index in [4.69, 9.17) is 0 Å².